The van der Waals surface area contributed by atoms with E-state index in [1.54, 1.807) is 36.4 Å². The van der Waals surface area contributed by atoms with E-state index in [-0.39, 0.29) is 22.3 Å². The van der Waals surface area contributed by atoms with Gasteiger partial charge in [-0.3, -0.25) is 0 Å². The molecule has 0 saturated carbocycles. The standard InChI is InChI=1S/C14H10O4.C8H6O4/c15-13(16)11-7-3-1-5-9(11)10-6-2-4-8-12(10)14(17)18;9-7(10)5-1-2-6(4-3-5)8(11)12/h1-8H,(H,15,16)(H,17,18);1-4H,(H,9,10)(H,11,12). The van der Waals surface area contributed by atoms with Crippen molar-refractivity contribution in [2.24, 2.45) is 0 Å². The second-order valence-electron chi connectivity index (χ2n) is 5.89. The molecule has 0 unspecified atom stereocenters. The minimum atomic E-state index is -1.08. The zero-order chi connectivity index (χ0) is 22.3. The Bertz CT molecular complexity index is 1010. The van der Waals surface area contributed by atoms with E-state index in [2.05, 4.69) is 0 Å². The fraction of sp³-hybridized carbons (Fsp3) is 0. The van der Waals surface area contributed by atoms with Crippen LogP contribution in [0.5, 0.6) is 0 Å². The van der Waals surface area contributed by atoms with Gasteiger partial charge in [0.1, 0.15) is 0 Å². The summed E-state index contributed by atoms with van der Waals surface area (Å²) >= 11 is 0. The molecule has 0 bridgehead atoms. The second-order valence-corrected chi connectivity index (χ2v) is 5.89. The molecule has 3 aromatic carbocycles. The molecule has 0 aromatic heterocycles. The van der Waals surface area contributed by atoms with Crippen LogP contribution >= 0.6 is 0 Å². The van der Waals surface area contributed by atoms with Crippen molar-refractivity contribution in [2.45, 2.75) is 0 Å². The van der Waals surface area contributed by atoms with Gasteiger partial charge < -0.3 is 20.4 Å². The summed E-state index contributed by atoms with van der Waals surface area (Å²) in [5, 5.41) is 35.2. The first-order chi connectivity index (χ1) is 14.2. The Hall–Kier alpha value is -4.46. The fourth-order valence-corrected chi connectivity index (χ4v) is 2.56. The molecule has 4 N–H and O–H groups in total. The van der Waals surface area contributed by atoms with Gasteiger partial charge in [0.15, 0.2) is 0 Å². The van der Waals surface area contributed by atoms with Crippen molar-refractivity contribution >= 4 is 23.9 Å². The number of benzene rings is 3. The van der Waals surface area contributed by atoms with E-state index in [9.17, 15) is 19.2 Å². The first-order valence-electron chi connectivity index (χ1n) is 8.44. The zero-order valence-corrected chi connectivity index (χ0v) is 15.4. The molecule has 0 atom stereocenters. The van der Waals surface area contributed by atoms with Gasteiger partial charge in [-0.1, -0.05) is 36.4 Å². The summed E-state index contributed by atoms with van der Waals surface area (Å²) in [6.07, 6.45) is 0. The van der Waals surface area contributed by atoms with Gasteiger partial charge in [-0.25, -0.2) is 19.2 Å². The molecular weight excluding hydrogens is 392 g/mol. The minimum absolute atomic E-state index is 0.0833. The molecular formula is C22H16O8. The van der Waals surface area contributed by atoms with Gasteiger partial charge in [-0.2, -0.15) is 0 Å². The van der Waals surface area contributed by atoms with Crippen LogP contribution < -0.4 is 0 Å². The highest BCUT2D eigenvalue weighted by molar-refractivity contribution is 6.02. The molecule has 152 valence electrons. The molecule has 8 nitrogen and oxygen atoms in total. The predicted octanol–water partition coefficient (Wildman–Crippen LogP) is 3.83. The van der Waals surface area contributed by atoms with Crippen molar-refractivity contribution in [3.05, 3.63) is 95.1 Å². The molecule has 0 saturated heterocycles. The highest BCUT2D eigenvalue weighted by Crippen LogP contribution is 2.27. The minimum Gasteiger partial charge on any atom is -0.478 e. The molecule has 8 heteroatoms. The smallest absolute Gasteiger partial charge is 0.336 e. The van der Waals surface area contributed by atoms with E-state index >= 15 is 0 Å². The van der Waals surface area contributed by atoms with Crippen molar-refractivity contribution in [1.29, 1.82) is 0 Å². The SMILES string of the molecule is O=C(O)c1ccc(C(=O)O)cc1.O=C(O)c1ccccc1-c1ccccc1C(=O)O. The van der Waals surface area contributed by atoms with Crippen LogP contribution in [0.25, 0.3) is 11.1 Å². The van der Waals surface area contributed by atoms with Crippen LogP contribution in [0.4, 0.5) is 0 Å². The Labute approximate surface area is 170 Å². The summed E-state index contributed by atoms with van der Waals surface area (Å²) in [6, 6.07) is 17.7. The van der Waals surface area contributed by atoms with E-state index in [0.717, 1.165) is 0 Å². The Morgan fingerprint density at radius 2 is 0.733 bits per heavy atom. The average molecular weight is 408 g/mol. The van der Waals surface area contributed by atoms with E-state index in [0.29, 0.717) is 11.1 Å². The molecule has 30 heavy (non-hydrogen) atoms. The molecule has 0 aliphatic rings. The van der Waals surface area contributed by atoms with Crippen molar-refractivity contribution in [3.8, 4) is 11.1 Å². The second kappa shape index (κ2) is 9.65. The molecule has 0 aliphatic heterocycles. The monoisotopic (exact) mass is 408 g/mol. The normalized spacial score (nSPS) is 9.73. The summed E-state index contributed by atoms with van der Waals surface area (Å²) in [4.78, 5) is 42.9. The third-order valence-electron chi connectivity index (χ3n) is 3.98. The van der Waals surface area contributed by atoms with Crippen molar-refractivity contribution in [3.63, 3.8) is 0 Å². The third kappa shape index (κ3) is 5.29. The quantitative estimate of drug-likeness (QED) is 0.497. The molecule has 0 spiro atoms. The van der Waals surface area contributed by atoms with Gasteiger partial charge in [0.05, 0.1) is 22.3 Å². The molecule has 0 fully saturated rings. The number of carboxylic acids is 4. The van der Waals surface area contributed by atoms with Crippen molar-refractivity contribution in [2.75, 3.05) is 0 Å². The highest BCUT2D eigenvalue weighted by Gasteiger charge is 2.16. The predicted molar refractivity (Wildman–Crippen MR) is 106 cm³/mol. The largest absolute Gasteiger partial charge is 0.478 e. The number of carbonyl (C=O) groups is 4. The van der Waals surface area contributed by atoms with Gasteiger partial charge in [-0.05, 0) is 47.5 Å². The number of rotatable bonds is 5. The third-order valence-corrected chi connectivity index (χ3v) is 3.98. The number of carboxylic acid groups (broad SMARTS) is 4. The first-order valence-corrected chi connectivity index (χ1v) is 8.44. The maximum absolute atomic E-state index is 11.1. The maximum atomic E-state index is 11.1. The number of aromatic carboxylic acids is 4. The lowest BCUT2D eigenvalue weighted by molar-refractivity contribution is 0.0681. The van der Waals surface area contributed by atoms with Gasteiger partial charge in [0.25, 0.3) is 0 Å². The summed E-state index contributed by atoms with van der Waals surface area (Å²) in [6.45, 7) is 0. The van der Waals surface area contributed by atoms with Crippen LogP contribution in [0.3, 0.4) is 0 Å². The number of hydrogen-bond donors (Lipinski definition) is 4. The Kier molecular flexibility index (Phi) is 7.02. The Balaban J connectivity index is 0.000000232. The van der Waals surface area contributed by atoms with Gasteiger partial charge in [0, 0.05) is 0 Å². The summed E-state index contributed by atoms with van der Waals surface area (Å²) in [5.41, 5.74) is 1.16. The fourth-order valence-electron chi connectivity index (χ4n) is 2.56. The van der Waals surface area contributed by atoms with Gasteiger partial charge in [0.2, 0.25) is 0 Å². The topological polar surface area (TPSA) is 149 Å². The summed E-state index contributed by atoms with van der Waals surface area (Å²) in [7, 11) is 0. The van der Waals surface area contributed by atoms with Crippen LogP contribution in [0.2, 0.25) is 0 Å². The van der Waals surface area contributed by atoms with Gasteiger partial charge >= 0.3 is 23.9 Å². The van der Waals surface area contributed by atoms with E-state index in [4.69, 9.17) is 20.4 Å². The maximum Gasteiger partial charge on any atom is 0.336 e. The summed E-state index contributed by atoms with van der Waals surface area (Å²) < 4.78 is 0. The average Bonchev–Trinajstić information content (AvgIpc) is 2.74. The van der Waals surface area contributed by atoms with E-state index < -0.39 is 23.9 Å². The lowest BCUT2D eigenvalue weighted by Gasteiger charge is -2.08. The van der Waals surface area contributed by atoms with Crippen LogP contribution in [0.1, 0.15) is 41.4 Å². The summed E-state index contributed by atoms with van der Waals surface area (Å²) in [5.74, 6) is -4.28. The Morgan fingerprint density at radius 3 is 1.00 bits per heavy atom. The molecule has 0 aliphatic carbocycles. The first kappa shape index (κ1) is 21.8. The lowest BCUT2D eigenvalue weighted by atomic mass is 9.95. The molecule has 0 amide bonds. The van der Waals surface area contributed by atoms with E-state index in [1.807, 2.05) is 0 Å². The van der Waals surface area contributed by atoms with Gasteiger partial charge in [-0.15, -0.1) is 0 Å². The van der Waals surface area contributed by atoms with E-state index in [1.165, 1.54) is 36.4 Å². The zero-order valence-electron chi connectivity index (χ0n) is 15.4. The van der Waals surface area contributed by atoms with Crippen LogP contribution in [-0.4, -0.2) is 44.3 Å². The van der Waals surface area contributed by atoms with Crippen molar-refractivity contribution in [1.82, 2.24) is 0 Å². The van der Waals surface area contributed by atoms with Crippen LogP contribution in [0, 0.1) is 0 Å². The molecule has 3 rings (SSSR count). The lowest BCUT2D eigenvalue weighted by Crippen LogP contribution is -2.03. The molecule has 3 aromatic rings. The van der Waals surface area contributed by atoms with Crippen molar-refractivity contribution < 1.29 is 39.6 Å². The van der Waals surface area contributed by atoms with Crippen LogP contribution in [0.15, 0.2) is 72.8 Å². The molecule has 0 radical (unpaired) electrons. The highest BCUT2D eigenvalue weighted by atomic mass is 16.4. The molecule has 0 heterocycles. The van der Waals surface area contributed by atoms with Crippen LogP contribution in [-0.2, 0) is 0 Å². The number of hydrogen-bond acceptors (Lipinski definition) is 4. The Morgan fingerprint density at radius 1 is 0.433 bits per heavy atom.